The van der Waals surface area contributed by atoms with Crippen molar-refractivity contribution in [2.24, 2.45) is 0 Å². The van der Waals surface area contributed by atoms with Crippen LogP contribution in [-0.4, -0.2) is 31.2 Å². The number of benzene rings is 1. The minimum Gasteiger partial charge on any atom is -0.309 e. The van der Waals surface area contributed by atoms with Gasteiger partial charge >= 0.3 is 0 Å². The lowest BCUT2D eigenvalue weighted by Crippen LogP contribution is -2.15. The van der Waals surface area contributed by atoms with Gasteiger partial charge in [-0.05, 0) is 24.3 Å². The Morgan fingerprint density at radius 1 is 1.28 bits per heavy atom. The van der Waals surface area contributed by atoms with Crippen molar-refractivity contribution in [1.29, 1.82) is 0 Å². The highest BCUT2D eigenvalue weighted by Crippen LogP contribution is 2.31. The third kappa shape index (κ3) is 3.41. The predicted octanol–water partition coefficient (Wildman–Crippen LogP) is 3.78. The third-order valence-electron chi connectivity index (χ3n) is 3.30. The number of carbonyl (C=O) groups excluding carboxylic acids is 1. The van der Waals surface area contributed by atoms with E-state index in [2.05, 4.69) is 20.5 Å². The Bertz CT molecular complexity index is 1010. The van der Waals surface area contributed by atoms with E-state index >= 15 is 0 Å². The number of nitrogens with one attached hydrogen (secondary N) is 1. The van der Waals surface area contributed by atoms with Gasteiger partial charge in [0.25, 0.3) is 0 Å². The summed E-state index contributed by atoms with van der Waals surface area (Å²) in [7, 11) is 0. The number of hydrogen-bond acceptors (Lipinski definition) is 7. The zero-order valence-electron chi connectivity index (χ0n) is 12.5. The van der Waals surface area contributed by atoms with E-state index in [4.69, 9.17) is 0 Å². The van der Waals surface area contributed by atoms with Gasteiger partial charge in [0.2, 0.25) is 5.91 Å². The maximum absolute atomic E-state index is 13.2. The Morgan fingerprint density at radius 2 is 2.12 bits per heavy atom. The van der Waals surface area contributed by atoms with Crippen LogP contribution in [0.25, 0.3) is 16.2 Å². The fourth-order valence-electron chi connectivity index (χ4n) is 2.24. The van der Waals surface area contributed by atoms with E-state index in [9.17, 15) is 9.18 Å². The summed E-state index contributed by atoms with van der Waals surface area (Å²) in [5.41, 5.74) is 2.98. The second kappa shape index (κ2) is 6.90. The third-order valence-corrected chi connectivity index (χ3v) is 5.92. The molecular weight excluding hydrogens is 381 g/mol. The number of halogens is 1. The normalized spacial score (nSPS) is 11.1. The van der Waals surface area contributed by atoms with Crippen LogP contribution in [0.4, 0.5) is 10.2 Å². The molecule has 0 spiro atoms. The van der Waals surface area contributed by atoms with Gasteiger partial charge in [0.15, 0.2) is 9.30 Å². The first kappa shape index (κ1) is 16.2. The maximum atomic E-state index is 13.2. The lowest BCUT2D eigenvalue weighted by molar-refractivity contribution is -0.113. The molecule has 0 fully saturated rings. The highest BCUT2D eigenvalue weighted by molar-refractivity contribution is 8.01. The van der Waals surface area contributed by atoms with E-state index in [0.29, 0.717) is 11.5 Å². The minimum absolute atomic E-state index is 0.170. The van der Waals surface area contributed by atoms with Gasteiger partial charge in [-0.25, -0.2) is 9.37 Å². The van der Waals surface area contributed by atoms with Crippen molar-refractivity contribution >= 4 is 51.1 Å². The number of thioether (sulfide) groups is 1. The summed E-state index contributed by atoms with van der Waals surface area (Å²) >= 11 is 4.18. The molecular formula is C15H10FN5OS3. The predicted molar refractivity (Wildman–Crippen MR) is 97.7 cm³/mol. The number of imidazole rings is 1. The molecule has 4 rings (SSSR count). The van der Waals surface area contributed by atoms with Crippen LogP contribution in [0.1, 0.15) is 0 Å². The van der Waals surface area contributed by atoms with Gasteiger partial charge in [0.1, 0.15) is 22.8 Å². The largest absolute Gasteiger partial charge is 0.309 e. The van der Waals surface area contributed by atoms with E-state index in [0.717, 1.165) is 14.9 Å². The Balaban J connectivity index is 1.61. The molecule has 1 N–H and O–H groups in total. The molecule has 10 heteroatoms. The molecule has 0 saturated heterocycles. The summed E-state index contributed by atoms with van der Waals surface area (Å²) in [6.07, 6.45) is 1.84. The number of rotatable bonds is 5. The van der Waals surface area contributed by atoms with Crippen LogP contribution in [-0.2, 0) is 4.79 Å². The number of thiazole rings is 1. The van der Waals surface area contributed by atoms with Gasteiger partial charge in [-0.2, -0.15) is 0 Å². The summed E-state index contributed by atoms with van der Waals surface area (Å²) in [5.74, 6) is 0.307. The summed E-state index contributed by atoms with van der Waals surface area (Å²) < 4.78 is 15.7. The number of aromatic nitrogens is 4. The molecule has 6 nitrogen and oxygen atoms in total. The first-order valence-electron chi connectivity index (χ1n) is 7.11. The van der Waals surface area contributed by atoms with Crippen molar-refractivity contribution in [2.75, 3.05) is 11.1 Å². The van der Waals surface area contributed by atoms with E-state index < -0.39 is 0 Å². The number of fused-ring (bicyclic) bond motifs is 1. The zero-order chi connectivity index (χ0) is 17.2. The second-order valence-corrected chi connectivity index (χ2v) is 7.84. The molecule has 0 unspecified atom stereocenters. The molecule has 0 saturated carbocycles. The van der Waals surface area contributed by atoms with Gasteiger partial charge in [-0.1, -0.05) is 23.1 Å². The topological polar surface area (TPSA) is 72.2 Å². The van der Waals surface area contributed by atoms with Gasteiger partial charge in [0.05, 0.1) is 5.75 Å². The van der Waals surface area contributed by atoms with Gasteiger partial charge in [-0.3, -0.25) is 9.20 Å². The fourth-order valence-corrected chi connectivity index (χ4v) is 4.24. The number of hydrogen-bond donors (Lipinski definition) is 1. The number of carbonyl (C=O) groups is 1. The Labute approximate surface area is 153 Å². The van der Waals surface area contributed by atoms with E-state index in [-0.39, 0.29) is 17.5 Å². The lowest BCUT2D eigenvalue weighted by atomic mass is 10.1. The minimum atomic E-state index is -0.316. The van der Waals surface area contributed by atoms with Crippen molar-refractivity contribution in [3.8, 4) is 11.3 Å². The molecule has 0 aliphatic carbocycles. The van der Waals surface area contributed by atoms with Crippen LogP contribution in [0.15, 0.2) is 45.7 Å². The molecule has 0 radical (unpaired) electrons. The molecule has 0 aliphatic rings. The monoisotopic (exact) mass is 391 g/mol. The summed E-state index contributed by atoms with van der Waals surface area (Å²) in [5, 5.41) is 12.4. The zero-order valence-corrected chi connectivity index (χ0v) is 15.0. The van der Waals surface area contributed by atoms with Crippen molar-refractivity contribution in [3.63, 3.8) is 0 Å². The SMILES string of the molecule is O=C(CSc1nncs1)Nc1c(-c2ccc(F)cc2)nc2sccn12. The van der Waals surface area contributed by atoms with Crippen LogP contribution in [0.2, 0.25) is 0 Å². The molecule has 126 valence electrons. The Morgan fingerprint density at radius 3 is 2.88 bits per heavy atom. The molecule has 3 heterocycles. The first-order valence-corrected chi connectivity index (χ1v) is 9.85. The molecule has 25 heavy (non-hydrogen) atoms. The highest BCUT2D eigenvalue weighted by atomic mass is 32.2. The quantitative estimate of drug-likeness (QED) is 0.524. The van der Waals surface area contributed by atoms with Crippen molar-refractivity contribution < 1.29 is 9.18 Å². The molecule has 0 atom stereocenters. The Hall–Kier alpha value is -2.30. The van der Waals surface area contributed by atoms with Gasteiger partial charge < -0.3 is 5.32 Å². The molecule has 4 aromatic rings. The standard InChI is InChI=1S/C15H10FN5OS3/c16-10-3-1-9(2-4-10)12-13(21-5-6-23-14(21)19-12)18-11(22)7-24-15-20-17-8-25-15/h1-6,8H,7H2,(H,18,22). The maximum Gasteiger partial charge on any atom is 0.235 e. The Kier molecular flexibility index (Phi) is 4.47. The van der Waals surface area contributed by atoms with E-state index in [1.165, 1.54) is 46.6 Å². The fraction of sp³-hybridized carbons (Fsp3) is 0.0667. The van der Waals surface area contributed by atoms with E-state index in [1.807, 2.05) is 16.0 Å². The van der Waals surface area contributed by atoms with Crippen LogP contribution in [0.3, 0.4) is 0 Å². The smallest absolute Gasteiger partial charge is 0.235 e. The first-order chi connectivity index (χ1) is 12.2. The van der Waals surface area contributed by atoms with Gasteiger partial charge in [0, 0.05) is 17.1 Å². The van der Waals surface area contributed by atoms with E-state index in [1.54, 1.807) is 17.6 Å². The number of nitrogens with zero attached hydrogens (tertiary/aromatic N) is 4. The molecule has 1 amide bonds. The van der Waals surface area contributed by atoms with Crippen molar-refractivity contribution in [1.82, 2.24) is 19.6 Å². The lowest BCUT2D eigenvalue weighted by Gasteiger charge is -2.06. The number of amides is 1. The average Bonchev–Trinajstić information content (AvgIpc) is 3.32. The van der Waals surface area contributed by atoms with Crippen molar-refractivity contribution in [2.45, 2.75) is 4.34 Å². The molecule has 1 aromatic carbocycles. The second-order valence-electron chi connectivity index (χ2n) is 4.91. The van der Waals surface area contributed by atoms with Crippen LogP contribution in [0.5, 0.6) is 0 Å². The van der Waals surface area contributed by atoms with Crippen LogP contribution >= 0.6 is 34.4 Å². The molecule has 3 aromatic heterocycles. The summed E-state index contributed by atoms with van der Waals surface area (Å²) in [4.78, 5) is 17.6. The number of anilines is 1. The average molecular weight is 391 g/mol. The molecule has 0 bridgehead atoms. The van der Waals surface area contributed by atoms with Crippen LogP contribution in [0, 0.1) is 5.82 Å². The molecule has 0 aliphatic heterocycles. The van der Waals surface area contributed by atoms with Crippen molar-refractivity contribution in [3.05, 3.63) is 47.2 Å². The highest BCUT2D eigenvalue weighted by Gasteiger charge is 2.17. The summed E-state index contributed by atoms with van der Waals surface area (Å²) in [6.45, 7) is 0. The van der Waals surface area contributed by atoms with Crippen LogP contribution < -0.4 is 5.32 Å². The van der Waals surface area contributed by atoms with Gasteiger partial charge in [-0.15, -0.1) is 21.5 Å². The summed E-state index contributed by atoms with van der Waals surface area (Å²) in [6, 6.07) is 6.04.